The largest absolute Gasteiger partial charge is 0.338 e. The zero-order valence-corrected chi connectivity index (χ0v) is 14.1. The lowest BCUT2D eigenvalue weighted by Gasteiger charge is -2.04. The van der Waals surface area contributed by atoms with Gasteiger partial charge < -0.3 is 9.84 Å². The predicted octanol–water partition coefficient (Wildman–Crippen LogP) is 2.55. The number of carbonyl (C=O) groups is 1. The van der Waals surface area contributed by atoms with Crippen molar-refractivity contribution >= 4 is 22.4 Å². The van der Waals surface area contributed by atoms with Gasteiger partial charge in [-0.2, -0.15) is 4.98 Å². The highest BCUT2D eigenvalue weighted by Gasteiger charge is 2.12. The van der Waals surface area contributed by atoms with Gasteiger partial charge >= 0.3 is 0 Å². The van der Waals surface area contributed by atoms with Crippen LogP contribution in [0.2, 0.25) is 0 Å². The van der Waals surface area contributed by atoms with Crippen LogP contribution in [-0.4, -0.2) is 26.0 Å². The maximum Gasteiger partial charge on any atom is 0.239 e. The summed E-state index contributed by atoms with van der Waals surface area (Å²) < 4.78 is 17.1. The summed E-state index contributed by atoms with van der Waals surface area (Å²) in [5, 5.41) is 6.62. The van der Waals surface area contributed by atoms with Crippen LogP contribution in [-0.2, 0) is 27.8 Å². The van der Waals surface area contributed by atoms with E-state index in [2.05, 4.69) is 29.3 Å². The fraction of sp³-hybridized carbons (Fsp3) is 0.438. The average molecular weight is 335 g/mol. The Balaban J connectivity index is 1.74. The zero-order chi connectivity index (χ0) is 16.7. The Morgan fingerprint density at radius 1 is 1.30 bits per heavy atom. The third-order valence-corrected chi connectivity index (χ3v) is 4.23. The van der Waals surface area contributed by atoms with Crippen LogP contribution in [0.5, 0.6) is 0 Å². The van der Waals surface area contributed by atoms with E-state index < -0.39 is 10.8 Å². The molecule has 1 heterocycles. The number of hydrogen-bond acceptors (Lipinski definition) is 5. The molecule has 1 atom stereocenters. The smallest absolute Gasteiger partial charge is 0.239 e. The van der Waals surface area contributed by atoms with Crippen molar-refractivity contribution < 1.29 is 13.5 Å². The number of hydrogen-bond donors (Lipinski definition) is 1. The summed E-state index contributed by atoms with van der Waals surface area (Å²) in [6, 6.07) is 9.19. The van der Waals surface area contributed by atoms with Gasteiger partial charge in [-0.1, -0.05) is 37.2 Å². The first-order valence-corrected chi connectivity index (χ1v) is 9.03. The third-order valence-electron chi connectivity index (χ3n) is 3.00. The van der Waals surface area contributed by atoms with Gasteiger partial charge in [0.2, 0.25) is 11.8 Å². The van der Waals surface area contributed by atoms with Crippen LogP contribution in [0.1, 0.15) is 32.0 Å². The normalized spacial score (nSPS) is 12.3. The summed E-state index contributed by atoms with van der Waals surface area (Å²) in [5.41, 5.74) is 0.735. The van der Waals surface area contributed by atoms with E-state index in [-0.39, 0.29) is 23.8 Å². The summed E-state index contributed by atoms with van der Waals surface area (Å²) in [6.45, 7) is 4.14. The zero-order valence-electron chi connectivity index (χ0n) is 13.3. The molecule has 7 heteroatoms. The molecule has 0 aliphatic rings. The number of carbonyl (C=O) groups excluding carboxylic acids is 1. The molecule has 2 aromatic rings. The molecule has 0 aliphatic heterocycles. The van der Waals surface area contributed by atoms with E-state index in [1.165, 1.54) is 0 Å². The molecular weight excluding hydrogens is 314 g/mol. The SMILES string of the molecule is CC(C)Cc1noc(C[S@@](=O)CCC(=O)Nc2ccccc2)n1. The number of rotatable bonds is 8. The number of aromatic nitrogens is 2. The molecular formula is C16H21N3O3S. The molecule has 0 radical (unpaired) electrons. The molecule has 0 unspecified atom stereocenters. The van der Waals surface area contributed by atoms with E-state index in [4.69, 9.17) is 4.52 Å². The van der Waals surface area contributed by atoms with Crippen molar-refractivity contribution in [1.82, 2.24) is 10.1 Å². The molecule has 0 fully saturated rings. The summed E-state index contributed by atoms with van der Waals surface area (Å²) in [4.78, 5) is 16.0. The Morgan fingerprint density at radius 3 is 2.74 bits per heavy atom. The summed E-state index contributed by atoms with van der Waals surface area (Å²) in [5.74, 6) is 1.73. The van der Waals surface area contributed by atoms with E-state index in [9.17, 15) is 9.00 Å². The molecule has 1 N–H and O–H groups in total. The monoisotopic (exact) mass is 335 g/mol. The molecule has 2 rings (SSSR count). The molecule has 1 aromatic carbocycles. The minimum Gasteiger partial charge on any atom is -0.338 e. The molecule has 1 amide bonds. The third kappa shape index (κ3) is 6.32. The van der Waals surface area contributed by atoms with Crippen LogP contribution >= 0.6 is 0 Å². The van der Waals surface area contributed by atoms with Crippen molar-refractivity contribution in [2.75, 3.05) is 11.1 Å². The van der Waals surface area contributed by atoms with Gasteiger partial charge in [-0.25, -0.2) is 0 Å². The number of benzene rings is 1. The minimum absolute atomic E-state index is 0.157. The highest BCUT2D eigenvalue weighted by atomic mass is 32.2. The summed E-state index contributed by atoms with van der Waals surface area (Å²) >= 11 is 0. The van der Waals surface area contributed by atoms with Gasteiger partial charge in [0.25, 0.3) is 0 Å². The Bertz CT molecular complexity index is 656. The lowest BCUT2D eigenvalue weighted by atomic mass is 10.1. The number of para-hydroxylation sites is 1. The van der Waals surface area contributed by atoms with Crippen molar-refractivity contribution in [3.63, 3.8) is 0 Å². The highest BCUT2D eigenvalue weighted by molar-refractivity contribution is 7.84. The van der Waals surface area contributed by atoms with E-state index in [0.29, 0.717) is 17.6 Å². The van der Waals surface area contributed by atoms with Crippen molar-refractivity contribution in [2.45, 2.75) is 32.4 Å². The lowest BCUT2D eigenvalue weighted by molar-refractivity contribution is -0.115. The van der Waals surface area contributed by atoms with Crippen LogP contribution in [0.4, 0.5) is 5.69 Å². The molecule has 0 spiro atoms. The van der Waals surface area contributed by atoms with E-state index in [1.807, 2.05) is 30.3 Å². The van der Waals surface area contributed by atoms with Gasteiger partial charge in [0.05, 0.1) is 0 Å². The van der Waals surface area contributed by atoms with Gasteiger partial charge in [0, 0.05) is 35.1 Å². The molecule has 0 saturated carbocycles. The molecule has 1 aromatic heterocycles. The number of anilines is 1. The van der Waals surface area contributed by atoms with Crippen molar-refractivity contribution in [3.05, 3.63) is 42.0 Å². The van der Waals surface area contributed by atoms with Gasteiger partial charge in [-0.3, -0.25) is 9.00 Å². The van der Waals surface area contributed by atoms with Crippen LogP contribution in [0.15, 0.2) is 34.9 Å². The highest BCUT2D eigenvalue weighted by Crippen LogP contribution is 2.08. The predicted molar refractivity (Wildman–Crippen MR) is 89.2 cm³/mol. The van der Waals surface area contributed by atoms with Crippen molar-refractivity contribution in [1.29, 1.82) is 0 Å². The van der Waals surface area contributed by atoms with Crippen LogP contribution < -0.4 is 5.32 Å². The summed E-state index contributed by atoms with van der Waals surface area (Å²) in [7, 11) is -1.21. The standard InChI is InChI=1S/C16H21N3O3S/c1-12(2)10-14-18-16(22-19-14)11-23(21)9-8-15(20)17-13-6-4-3-5-7-13/h3-7,12H,8-11H2,1-2H3,(H,17,20)/t23-/m0/s1. The first-order valence-electron chi connectivity index (χ1n) is 7.54. The second-order valence-corrected chi connectivity index (χ2v) is 7.23. The van der Waals surface area contributed by atoms with Gasteiger partial charge in [-0.05, 0) is 18.1 Å². The maximum atomic E-state index is 12.0. The van der Waals surface area contributed by atoms with Gasteiger partial charge in [-0.15, -0.1) is 0 Å². The molecule has 23 heavy (non-hydrogen) atoms. The molecule has 6 nitrogen and oxygen atoms in total. The molecule has 0 aliphatic carbocycles. The topological polar surface area (TPSA) is 85.1 Å². The van der Waals surface area contributed by atoms with Crippen molar-refractivity contribution in [3.8, 4) is 0 Å². The quantitative estimate of drug-likeness (QED) is 0.801. The molecule has 0 saturated heterocycles. The fourth-order valence-electron chi connectivity index (χ4n) is 1.96. The lowest BCUT2D eigenvalue weighted by Crippen LogP contribution is -2.15. The first-order chi connectivity index (χ1) is 11.0. The Labute approximate surface area is 138 Å². The Hall–Kier alpha value is -2.02. The molecule has 124 valence electrons. The Morgan fingerprint density at radius 2 is 2.04 bits per heavy atom. The minimum atomic E-state index is -1.21. The van der Waals surface area contributed by atoms with E-state index >= 15 is 0 Å². The average Bonchev–Trinajstić information content (AvgIpc) is 2.92. The van der Waals surface area contributed by atoms with Gasteiger partial charge in [0.1, 0.15) is 5.75 Å². The first kappa shape index (κ1) is 17.3. The van der Waals surface area contributed by atoms with Crippen LogP contribution in [0.3, 0.4) is 0 Å². The molecule has 0 bridgehead atoms. The maximum absolute atomic E-state index is 12.0. The van der Waals surface area contributed by atoms with Crippen LogP contribution in [0.25, 0.3) is 0 Å². The van der Waals surface area contributed by atoms with Crippen LogP contribution in [0, 0.1) is 5.92 Å². The number of amides is 1. The fourth-order valence-corrected chi connectivity index (χ4v) is 2.91. The van der Waals surface area contributed by atoms with E-state index in [1.54, 1.807) is 0 Å². The summed E-state index contributed by atoms with van der Waals surface area (Å²) in [6.07, 6.45) is 0.921. The van der Waals surface area contributed by atoms with Crippen molar-refractivity contribution in [2.24, 2.45) is 5.92 Å². The second-order valence-electron chi connectivity index (χ2n) is 5.65. The Kier molecular flexibility index (Phi) is 6.46. The van der Waals surface area contributed by atoms with Gasteiger partial charge in [0.15, 0.2) is 5.82 Å². The number of nitrogens with zero attached hydrogens (tertiary/aromatic N) is 2. The number of nitrogens with one attached hydrogen (secondary N) is 1. The second kappa shape index (κ2) is 8.57. The van der Waals surface area contributed by atoms with E-state index in [0.717, 1.165) is 12.1 Å².